The quantitative estimate of drug-likeness (QED) is 0.801. The predicted octanol–water partition coefficient (Wildman–Crippen LogP) is 3.09. The van der Waals surface area contributed by atoms with Crippen LogP contribution in [-0.2, 0) is 4.74 Å². The summed E-state index contributed by atoms with van der Waals surface area (Å²) < 4.78 is 5.17. The van der Waals surface area contributed by atoms with Gasteiger partial charge in [-0.3, -0.25) is 10.1 Å². The van der Waals surface area contributed by atoms with Gasteiger partial charge in [-0.1, -0.05) is 12.1 Å². The number of nitrogens with one attached hydrogen (secondary N) is 2. The maximum atomic E-state index is 12.0. The summed E-state index contributed by atoms with van der Waals surface area (Å²) in [5.74, 6) is -1.14. The van der Waals surface area contributed by atoms with Crippen molar-refractivity contribution in [3.63, 3.8) is 0 Å². The predicted molar refractivity (Wildman–Crippen MR) is 89.3 cm³/mol. The average Bonchev–Trinajstić information content (AvgIpc) is 2.45. The molecule has 2 rings (SSSR count). The molecule has 0 unspecified atom stereocenters. The van der Waals surface area contributed by atoms with Crippen LogP contribution >= 0.6 is 0 Å². The van der Waals surface area contributed by atoms with Crippen LogP contribution < -0.4 is 10.9 Å². The number of H-pyrrole nitrogens is 1. The van der Waals surface area contributed by atoms with Crippen molar-refractivity contribution in [2.75, 3.05) is 5.32 Å². The number of aromatic carboxylic acids is 1. The molecule has 0 aliphatic carbocycles. The topological polar surface area (TPSA) is 108 Å². The minimum absolute atomic E-state index is 0.0323. The molecule has 2 aromatic rings. The van der Waals surface area contributed by atoms with Gasteiger partial charge in [0.15, 0.2) is 0 Å². The smallest absolute Gasteiger partial charge is 0.412 e. The van der Waals surface area contributed by atoms with Crippen LogP contribution in [0.4, 0.5) is 10.5 Å². The molecule has 0 saturated heterocycles. The molecule has 0 saturated carbocycles. The van der Waals surface area contributed by atoms with Gasteiger partial charge >= 0.3 is 12.1 Å². The van der Waals surface area contributed by atoms with Gasteiger partial charge in [0, 0.05) is 17.4 Å². The summed E-state index contributed by atoms with van der Waals surface area (Å²) in [6, 6.07) is 7.79. The van der Waals surface area contributed by atoms with E-state index in [0.717, 1.165) is 6.20 Å². The Morgan fingerprint density at radius 3 is 2.54 bits per heavy atom. The fourth-order valence-corrected chi connectivity index (χ4v) is 2.01. The monoisotopic (exact) mass is 330 g/mol. The molecule has 0 aliphatic heterocycles. The Morgan fingerprint density at radius 1 is 1.21 bits per heavy atom. The number of aromatic nitrogens is 1. The summed E-state index contributed by atoms with van der Waals surface area (Å²) in [5, 5.41) is 11.6. The van der Waals surface area contributed by atoms with E-state index in [0.29, 0.717) is 11.3 Å². The van der Waals surface area contributed by atoms with E-state index in [4.69, 9.17) is 9.84 Å². The number of rotatable bonds is 3. The number of aromatic amines is 1. The Bertz CT molecular complexity index is 833. The molecule has 3 N–H and O–H groups in total. The first-order chi connectivity index (χ1) is 11.2. The SMILES string of the molecule is CC(C)(C)OC(=O)Nc1cccc(-c2cc(C(=O)O)c[nH]c2=O)c1. The zero-order valence-electron chi connectivity index (χ0n) is 13.5. The molecule has 1 heterocycles. The Morgan fingerprint density at radius 2 is 1.92 bits per heavy atom. The number of hydrogen-bond donors (Lipinski definition) is 3. The number of carbonyl (C=O) groups excluding carboxylic acids is 1. The standard InChI is InChI=1S/C17H18N2O5/c1-17(2,3)24-16(23)19-12-6-4-5-10(7-12)13-8-11(15(21)22)9-18-14(13)20/h4-9H,1-3H3,(H,18,20)(H,19,23)(H,21,22). The highest BCUT2D eigenvalue weighted by Gasteiger charge is 2.16. The molecule has 126 valence electrons. The maximum Gasteiger partial charge on any atom is 0.412 e. The molecule has 0 spiro atoms. The van der Waals surface area contributed by atoms with Crippen LogP contribution in [0.5, 0.6) is 0 Å². The number of carboxylic acid groups (broad SMARTS) is 1. The fraction of sp³-hybridized carbons (Fsp3) is 0.235. The van der Waals surface area contributed by atoms with Gasteiger partial charge in [-0.15, -0.1) is 0 Å². The van der Waals surface area contributed by atoms with Crippen molar-refractivity contribution in [1.82, 2.24) is 4.98 Å². The van der Waals surface area contributed by atoms with Gasteiger partial charge in [-0.05, 0) is 44.5 Å². The molecule has 0 radical (unpaired) electrons. The molecule has 0 aliphatic rings. The van der Waals surface area contributed by atoms with E-state index in [-0.39, 0.29) is 11.1 Å². The van der Waals surface area contributed by atoms with Crippen molar-refractivity contribution in [2.24, 2.45) is 0 Å². The van der Waals surface area contributed by atoms with Crippen LogP contribution in [0.1, 0.15) is 31.1 Å². The third-order valence-corrected chi connectivity index (χ3v) is 2.97. The number of benzene rings is 1. The first-order valence-corrected chi connectivity index (χ1v) is 7.22. The van der Waals surface area contributed by atoms with Crippen molar-refractivity contribution >= 4 is 17.7 Å². The fourth-order valence-electron chi connectivity index (χ4n) is 2.01. The number of ether oxygens (including phenoxy) is 1. The molecule has 24 heavy (non-hydrogen) atoms. The van der Waals surface area contributed by atoms with Crippen LogP contribution in [0, 0.1) is 0 Å². The molecule has 7 nitrogen and oxygen atoms in total. The Labute approximate surface area is 138 Å². The lowest BCUT2D eigenvalue weighted by molar-refractivity contribution is 0.0634. The molecule has 0 bridgehead atoms. The van der Waals surface area contributed by atoms with Crippen LogP contribution in [0.2, 0.25) is 0 Å². The number of carbonyl (C=O) groups is 2. The summed E-state index contributed by atoms with van der Waals surface area (Å²) in [7, 11) is 0. The largest absolute Gasteiger partial charge is 0.478 e. The second-order valence-corrected chi connectivity index (χ2v) is 6.14. The summed E-state index contributed by atoms with van der Waals surface area (Å²) in [6.45, 7) is 5.25. The minimum Gasteiger partial charge on any atom is -0.478 e. The molecule has 1 aromatic carbocycles. The molecule has 1 aromatic heterocycles. The van der Waals surface area contributed by atoms with Gasteiger partial charge in [0.05, 0.1) is 5.56 Å². The molecule has 0 fully saturated rings. The Hall–Kier alpha value is -3.09. The van der Waals surface area contributed by atoms with Crippen molar-refractivity contribution in [2.45, 2.75) is 26.4 Å². The highest BCUT2D eigenvalue weighted by molar-refractivity contribution is 5.89. The lowest BCUT2D eigenvalue weighted by Gasteiger charge is -2.19. The van der Waals surface area contributed by atoms with Crippen LogP contribution in [0.3, 0.4) is 0 Å². The zero-order valence-corrected chi connectivity index (χ0v) is 13.5. The highest BCUT2D eigenvalue weighted by Crippen LogP contribution is 2.21. The van der Waals surface area contributed by atoms with Crippen LogP contribution in [-0.4, -0.2) is 27.8 Å². The van der Waals surface area contributed by atoms with Gasteiger partial charge in [-0.25, -0.2) is 9.59 Å². The van der Waals surface area contributed by atoms with Crippen LogP contribution in [0.25, 0.3) is 11.1 Å². The van der Waals surface area contributed by atoms with E-state index >= 15 is 0 Å². The third kappa shape index (κ3) is 4.45. The van der Waals surface area contributed by atoms with E-state index in [1.807, 2.05) is 0 Å². The number of anilines is 1. The van der Waals surface area contributed by atoms with Crippen molar-refractivity contribution in [3.8, 4) is 11.1 Å². The highest BCUT2D eigenvalue weighted by atomic mass is 16.6. The zero-order chi connectivity index (χ0) is 17.9. The molecular weight excluding hydrogens is 312 g/mol. The van der Waals surface area contributed by atoms with Gasteiger partial charge in [0.1, 0.15) is 5.60 Å². The summed E-state index contributed by atoms with van der Waals surface area (Å²) >= 11 is 0. The van der Waals surface area contributed by atoms with Crippen molar-refractivity contribution < 1.29 is 19.4 Å². The van der Waals surface area contributed by atoms with E-state index in [1.54, 1.807) is 45.0 Å². The van der Waals surface area contributed by atoms with Gasteiger partial charge in [0.2, 0.25) is 0 Å². The third-order valence-electron chi connectivity index (χ3n) is 2.97. The Balaban J connectivity index is 2.31. The van der Waals surface area contributed by atoms with E-state index in [2.05, 4.69) is 10.3 Å². The second-order valence-electron chi connectivity index (χ2n) is 6.14. The maximum absolute atomic E-state index is 12.0. The lowest BCUT2D eigenvalue weighted by Crippen LogP contribution is -2.27. The van der Waals surface area contributed by atoms with Crippen LogP contribution in [0.15, 0.2) is 41.3 Å². The number of hydrogen-bond acceptors (Lipinski definition) is 4. The van der Waals surface area contributed by atoms with E-state index in [9.17, 15) is 14.4 Å². The summed E-state index contributed by atoms with van der Waals surface area (Å²) in [6.07, 6.45) is 0.518. The molecule has 7 heteroatoms. The summed E-state index contributed by atoms with van der Waals surface area (Å²) in [5.41, 5.74) is 0.0244. The number of pyridine rings is 1. The van der Waals surface area contributed by atoms with Crippen molar-refractivity contribution in [1.29, 1.82) is 0 Å². The lowest BCUT2D eigenvalue weighted by atomic mass is 10.1. The second kappa shape index (κ2) is 6.57. The molecule has 0 atom stereocenters. The van der Waals surface area contributed by atoms with Gasteiger partial charge < -0.3 is 14.8 Å². The Kier molecular flexibility index (Phi) is 4.73. The molecule has 1 amide bonds. The number of amides is 1. The van der Waals surface area contributed by atoms with E-state index < -0.39 is 23.2 Å². The number of carboxylic acids is 1. The van der Waals surface area contributed by atoms with Gasteiger partial charge in [0.25, 0.3) is 5.56 Å². The normalized spacial score (nSPS) is 11.0. The van der Waals surface area contributed by atoms with Gasteiger partial charge in [-0.2, -0.15) is 0 Å². The average molecular weight is 330 g/mol. The first kappa shape index (κ1) is 17.3. The summed E-state index contributed by atoms with van der Waals surface area (Å²) in [4.78, 5) is 37.2. The first-order valence-electron chi connectivity index (χ1n) is 7.22. The van der Waals surface area contributed by atoms with E-state index in [1.165, 1.54) is 6.07 Å². The van der Waals surface area contributed by atoms with Crippen molar-refractivity contribution in [3.05, 3.63) is 52.4 Å². The minimum atomic E-state index is -1.14. The molecular formula is C17H18N2O5.